The van der Waals surface area contributed by atoms with Gasteiger partial charge in [-0.15, -0.1) is 0 Å². The largest absolute Gasteiger partial charge is 0.384 e. The predicted octanol–water partition coefficient (Wildman–Crippen LogP) is 2.15. The minimum absolute atomic E-state index is 0.0124. The number of hydrogen-bond acceptors (Lipinski definition) is 3. The van der Waals surface area contributed by atoms with Gasteiger partial charge >= 0.3 is 0 Å². The maximum absolute atomic E-state index is 11.0. The van der Waals surface area contributed by atoms with E-state index in [1.54, 1.807) is 25.2 Å². The second-order valence-electron chi connectivity index (χ2n) is 3.51. The molecule has 1 amide bonds. The first-order valence-corrected chi connectivity index (χ1v) is 5.69. The Labute approximate surface area is 106 Å². The van der Waals surface area contributed by atoms with Crippen molar-refractivity contribution in [3.05, 3.63) is 28.8 Å². The molecule has 90 valence electrons. The number of anilines is 1. The van der Waals surface area contributed by atoms with Gasteiger partial charge < -0.3 is 10.6 Å². The summed E-state index contributed by atoms with van der Waals surface area (Å²) in [6, 6.07) is 7.14. The molecule has 1 aromatic rings. The van der Waals surface area contributed by atoms with E-state index in [0.29, 0.717) is 35.7 Å². The Balaban J connectivity index is 2.49. The van der Waals surface area contributed by atoms with Crippen LogP contribution in [0.25, 0.3) is 0 Å². The number of carbonyl (C=O) groups is 1. The lowest BCUT2D eigenvalue weighted by atomic mass is 10.2. The van der Waals surface area contributed by atoms with Crippen molar-refractivity contribution in [3.8, 4) is 6.07 Å². The van der Waals surface area contributed by atoms with Gasteiger partial charge in [0.1, 0.15) is 6.07 Å². The highest BCUT2D eigenvalue weighted by Gasteiger charge is 2.03. The van der Waals surface area contributed by atoms with Gasteiger partial charge in [0.05, 0.1) is 11.3 Å². The van der Waals surface area contributed by atoms with Crippen molar-refractivity contribution in [2.45, 2.75) is 12.8 Å². The summed E-state index contributed by atoms with van der Waals surface area (Å²) in [6.07, 6.45) is 1.17. The minimum Gasteiger partial charge on any atom is -0.384 e. The lowest BCUT2D eigenvalue weighted by molar-refractivity contribution is -0.120. The van der Waals surface area contributed by atoms with Crippen molar-refractivity contribution in [3.63, 3.8) is 0 Å². The second-order valence-corrected chi connectivity index (χ2v) is 3.94. The van der Waals surface area contributed by atoms with E-state index in [-0.39, 0.29) is 5.91 Å². The van der Waals surface area contributed by atoms with E-state index in [2.05, 4.69) is 16.7 Å². The van der Waals surface area contributed by atoms with Crippen LogP contribution in [0, 0.1) is 11.3 Å². The highest BCUT2D eigenvalue weighted by Crippen LogP contribution is 2.20. The van der Waals surface area contributed by atoms with Gasteiger partial charge in [-0.25, -0.2) is 0 Å². The highest BCUT2D eigenvalue weighted by molar-refractivity contribution is 6.30. The van der Waals surface area contributed by atoms with Crippen molar-refractivity contribution in [1.82, 2.24) is 5.32 Å². The van der Waals surface area contributed by atoms with E-state index >= 15 is 0 Å². The third-order valence-corrected chi connectivity index (χ3v) is 2.51. The van der Waals surface area contributed by atoms with Crippen LogP contribution in [-0.2, 0) is 4.79 Å². The molecule has 0 atom stereocenters. The summed E-state index contributed by atoms with van der Waals surface area (Å²) in [5.41, 5.74) is 1.26. The van der Waals surface area contributed by atoms with Crippen molar-refractivity contribution in [2.75, 3.05) is 18.9 Å². The maximum Gasteiger partial charge on any atom is 0.219 e. The average Bonchev–Trinajstić information content (AvgIpc) is 2.34. The van der Waals surface area contributed by atoms with Gasteiger partial charge in [0.25, 0.3) is 0 Å². The zero-order chi connectivity index (χ0) is 12.7. The number of carbonyl (C=O) groups excluding carboxylic acids is 1. The first kappa shape index (κ1) is 13.3. The maximum atomic E-state index is 11.0. The van der Waals surface area contributed by atoms with Gasteiger partial charge in [-0.3, -0.25) is 4.79 Å². The number of rotatable bonds is 5. The minimum atomic E-state index is 0.0124. The summed E-state index contributed by atoms with van der Waals surface area (Å²) in [6.45, 7) is 0.627. The molecule has 0 radical (unpaired) electrons. The van der Waals surface area contributed by atoms with Crippen LogP contribution in [0.4, 0.5) is 5.69 Å². The van der Waals surface area contributed by atoms with Crippen LogP contribution in [-0.4, -0.2) is 19.5 Å². The van der Waals surface area contributed by atoms with Crippen LogP contribution in [0.2, 0.25) is 5.02 Å². The molecule has 0 spiro atoms. The fourth-order valence-corrected chi connectivity index (χ4v) is 1.53. The number of halogens is 1. The molecule has 0 fully saturated rings. The van der Waals surface area contributed by atoms with Crippen molar-refractivity contribution in [2.24, 2.45) is 0 Å². The SMILES string of the molecule is CNC(=O)CCCNc1cc(Cl)ccc1C#N. The lowest BCUT2D eigenvalue weighted by Crippen LogP contribution is -2.18. The number of nitrogens with zero attached hydrogens (tertiary/aromatic N) is 1. The van der Waals surface area contributed by atoms with Crippen LogP contribution in [0.15, 0.2) is 18.2 Å². The number of amides is 1. The fourth-order valence-electron chi connectivity index (χ4n) is 1.36. The summed E-state index contributed by atoms with van der Waals surface area (Å²) in [7, 11) is 1.61. The third kappa shape index (κ3) is 4.33. The van der Waals surface area contributed by atoms with E-state index in [0.717, 1.165) is 0 Å². The molecule has 1 aromatic carbocycles. The molecule has 1 rings (SSSR count). The molecule has 0 aliphatic carbocycles. The van der Waals surface area contributed by atoms with Crippen LogP contribution in [0.5, 0.6) is 0 Å². The summed E-state index contributed by atoms with van der Waals surface area (Å²) < 4.78 is 0. The molecule has 0 saturated heterocycles. The Bertz CT molecular complexity index is 440. The van der Waals surface area contributed by atoms with Gasteiger partial charge in [0.15, 0.2) is 0 Å². The van der Waals surface area contributed by atoms with Crippen molar-refractivity contribution in [1.29, 1.82) is 5.26 Å². The molecule has 0 bridgehead atoms. The molecule has 17 heavy (non-hydrogen) atoms. The van der Waals surface area contributed by atoms with Gasteiger partial charge in [0, 0.05) is 25.0 Å². The van der Waals surface area contributed by atoms with Crippen LogP contribution in [0.1, 0.15) is 18.4 Å². The molecular weight excluding hydrogens is 238 g/mol. The predicted molar refractivity (Wildman–Crippen MR) is 68.0 cm³/mol. The molecule has 0 aromatic heterocycles. The first-order valence-electron chi connectivity index (χ1n) is 5.31. The number of nitrogens with one attached hydrogen (secondary N) is 2. The molecule has 5 heteroatoms. The van der Waals surface area contributed by atoms with Gasteiger partial charge in [-0.05, 0) is 24.6 Å². The molecule has 0 heterocycles. The Hall–Kier alpha value is -1.73. The van der Waals surface area contributed by atoms with Crippen LogP contribution in [0.3, 0.4) is 0 Å². The Morgan fingerprint density at radius 2 is 2.29 bits per heavy atom. The first-order chi connectivity index (χ1) is 8.17. The molecule has 4 nitrogen and oxygen atoms in total. The molecule has 2 N–H and O–H groups in total. The number of benzene rings is 1. The monoisotopic (exact) mass is 251 g/mol. The number of nitriles is 1. The zero-order valence-corrected chi connectivity index (χ0v) is 10.3. The fraction of sp³-hybridized carbons (Fsp3) is 0.333. The molecule has 0 aliphatic heterocycles. The van der Waals surface area contributed by atoms with Crippen LogP contribution >= 0.6 is 11.6 Å². The molecule has 0 unspecified atom stereocenters. The van der Waals surface area contributed by atoms with Crippen molar-refractivity contribution < 1.29 is 4.79 Å². The molecule has 0 aliphatic rings. The quantitative estimate of drug-likeness (QED) is 0.788. The highest BCUT2D eigenvalue weighted by atomic mass is 35.5. The van der Waals surface area contributed by atoms with Crippen LogP contribution < -0.4 is 10.6 Å². The topological polar surface area (TPSA) is 64.9 Å². The van der Waals surface area contributed by atoms with Gasteiger partial charge in [-0.1, -0.05) is 11.6 Å². The third-order valence-electron chi connectivity index (χ3n) is 2.28. The molecule has 0 saturated carbocycles. The standard InChI is InChI=1S/C12H14ClN3O/c1-15-12(17)3-2-6-16-11-7-10(13)5-4-9(11)8-14/h4-5,7,16H,2-3,6H2,1H3,(H,15,17). The second kappa shape index (κ2) is 6.77. The number of hydrogen-bond donors (Lipinski definition) is 2. The van der Waals surface area contributed by atoms with E-state index in [1.165, 1.54) is 0 Å². The van der Waals surface area contributed by atoms with Gasteiger partial charge in [0.2, 0.25) is 5.91 Å². The smallest absolute Gasteiger partial charge is 0.219 e. The zero-order valence-electron chi connectivity index (χ0n) is 9.59. The van der Waals surface area contributed by atoms with Crippen molar-refractivity contribution >= 4 is 23.2 Å². The Morgan fingerprint density at radius 1 is 1.53 bits per heavy atom. The van der Waals surface area contributed by atoms with E-state index < -0.39 is 0 Å². The van der Waals surface area contributed by atoms with E-state index in [4.69, 9.17) is 16.9 Å². The average molecular weight is 252 g/mol. The van der Waals surface area contributed by atoms with Gasteiger partial charge in [-0.2, -0.15) is 5.26 Å². The normalized spacial score (nSPS) is 9.47. The summed E-state index contributed by atoms with van der Waals surface area (Å²) in [4.78, 5) is 11.0. The van der Waals surface area contributed by atoms with E-state index in [9.17, 15) is 4.79 Å². The van der Waals surface area contributed by atoms with E-state index in [1.807, 2.05) is 0 Å². The Kier molecular flexibility index (Phi) is 5.31. The summed E-state index contributed by atoms with van der Waals surface area (Å²) in [5, 5.41) is 15.1. The molecular formula is C12H14ClN3O. The summed E-state index contributed by atoms with van der Waals surface area (Å²) in [5.74, 6) is 0.0124. The summed E-state index contributed by atoms with van der Waals surface area (Å²) >= 11 is 5.85. The Morgan fingerprint density at radius 3 is 2.94 bits per heavy atom. The lowest BCUT2D eigenvalue weighted by Gasteiger charge is -2.08.